The smallest absolute Gasteiger partial charge is 0.376 e. The van der Waals surface area contributed by atoms with Crippen LogP contribution in [-0.4, -0.2) is 46.4 Å². The summed E-state index contributed by atoms with van der Waals surface area (Å²) < 4.78 is 68.9. The van der Waals surface area contributed by atoms with Crippen LogP contribution < -0.4 is 9.62 Å². The topological polar surface area (TPSA) is 75.7 Å². The van der Waals surface area contributed by atoms with E-state index in [0.29, 0.717) is 17.0 Å². The van der Waals surface area contributed by atoms with Crippen molar-refractivity contribution in [2.45, 2.75) is 25.1 Å². The van der Waals surface area contributed by atoms with Crippen molar-refractivity contribution in [3.63, 3.8) is 0 Å². The fraction of sp³-hybridized carbons (Fsp3) is 0.533. The average molecular weight is 415 g/mol. The van der Waals surface area contributed by atoms with Crippen LogP contribution in [0.4, 0.5) is 18.9 Å². The molecule has 0 aromatic heterocycles. The van der Waals surface area contributed by atoms with Gasteiger partial charge in [0.05, 0.1) is 28.6 Å². The Hall–Kier alpha value is -1.52. The van der Waals surface area contributed by atoms with Crippen molar-refractivity contribution in [1.29, 1.82) is 0 Å². The predicted octanol–water partition coefficient (Wildman–Crippen LogP) is 2.42. The maximum Gasteiger partial charge on any atom is 0.417 e. The monoisotopic (exact) mass is 414 g/mol. The third-order valence-electron chi connectivity index (χ3n) is 3.78. The highest BCUT2D eigenvalue weighted by molar-refractivity contribution is 7.92. The molecule has 146 valence electrons. The Morgan fingerprint density at radius 2 is 2.12 bits per heavy atom. The number of sulfonamides is 1. The number of carbonyl (C=O) groups excluding carboxylic acids is 1. The summed E-state index contributed by atoms with van der Waals surface area (Å²) in [7, 11) is -3.99. The lowest BCUT2D eigenvalue weighted by molar-refractivity contribution is -0.137. The van der Waals surface area contributed by atoms with Gasteiger partial charge in [0, 0.05) is 13.2 Å². The van der Waals surface area contributed by atoms with Crippen LogP contribution in [0.25, 0.3) is 0 Å². The Labute approximate surface area is 154 Å². The van der Waals surface area contributed by atoms with Crippen LogP contribution in [0.2, 0.25) is 5.02 Å². The van der Waals surface area contributed by atoms with Crippen molar-refractivity contribution in [3.05, 3.63) is 28.8 Å². The molecule has 26 heavy (non-hydrogen) atoms. The summed E-state index contributed by atoms with van der Waals surface area (Å²) in [6.07, 6.45) is -2.43. The van der Waals surface area contributed by atoms with Gasteiger partial charge < -0.3 is 10.1 Å². The lowest BCUT2D eigenvalue weighted by Gasteiger charge is -2.23. The summed E-state index contributed by atoms with van der Waals surface area (Å²) in [6, 6.07) is 2.67. The molecule has 1 heterocycles. The van der Waals surface area contributed by atoms with Crippen LogP contribution in [0.3, 0.4) is 0 Å². The molecule has 0 aliphatic carbocycles. The number of nitrogens with one attached hydrogen (secondary N) is 1. The minimum absolute atomic E-state index is 0.141. The van der Waals surface area contributed by atoms with Crippen LogP contribution in [0.5, 0.6) is 0 Å². The Kier molecular flexibility index (Phi) is 6.41. The van der Waals surface area contributed by atoms with Gasteiger partial charge in [0.1, 0.15) is 6.54 Å². The molecule has 0 bridgehead atoms. The maximum absolute atomic E-state index is 13.0. The molecular formula is C15H18ClF3N2O4S. The Morgan fingerprint density at radius 3 is 2.65 bits per heavy atom. The molecular weight excluding hydrogens is 397 g/mol. The molecule has 1 aliphatic rings. The molecule has 1 aromatic rings. The van der Waals surface area contributed by atoms with Crippen LogP contribution >= 0.6 is 11.6 Å². The number of ether oxygens (including phenoxy) is 1. The van der Waals surface area contributed by atoms with Crippen molar-refractivity contribution in [1.82, 2.24) is 5.32 Å². The zero-order valence-electron chi connectivity index (χ0n) is 13.8. The van der Waals surface area contributed by atoms with E-state index in [2.05, 4.69) is 5.32 Å². The molecule has 1 N–H and O–H groups in total. The first-order chi connectivity index (χ1) is 12.0. The highest BCUT2D eigenvalue weighted by Gasteiger charge is 2.34. The summed E-state index contributed by atoms with van der Waals surface area (Å²) in [5.74, 6) is -0.644. The molecule has 1 aliphatic heterocycles. The second-order valence-electron chi connectivity index (χ2n) is 5.87. The number of alkyl halides is 3. The van der Waals surface area contributed by atoms with Gasteiger partial charge in [-0.25, -0.2) is 8.42 Å². The quantitative estimate of drug-likeness (QED) is 0.775. The summed E-state index contributed by atoms with van der Waals surface area (Å²) in [6.45, 7) is 0.163. The number of hydrogen-bond acceptors (Lipinski definition) is 4. The third-order valence-corrected chi connectivity index (χ3v) is 5.25. The molecule has 1 amide bonds. The molecule has 1 unspecified atom stereocenters. The highest BCUT2D eigenvalue weighted by atomic mass is 35.5. The predicted molar refractivity (Wildman–Crippen MR) is 90.6 cm³/mol. The molecule has 1 atom stereocenters. The number of rotatable bonds is 6. The molecule has 6 nitrogen and oxygen atoms in total. The van der Waals surface area contributed by atoms with E-state index in [1.807, 2.05) is 0 Å². The number of benzene rings is 1. The van der Waals surface area contributed by atoms with Crippen molar-refractivity contribution in [3.8, 4) is 0 Å². The maximum atomic E-state index is 13.0. The highest BCUT2D eigenvalue weighted by Crippen LogP contribution is 2.37. The summed E-state index contributed by atoms with van der Waals surface area (Å²) in [4.78, 5) is 12.1. The van der Waals surface area contributed by atoms with E-state index in [1.54, 1.807) is 0 Å². The van der Waals surface area contributed by atoms with Gasteiger partial charge in [-0.15, -0.1) is 0 Å². The molecule has 11 heteroatoms. The van der Waals surface area contributed by atoms with Crippen LogP contribution in [0.15, 0.2) is 18.2 Å². The van der Waals surface area contributed by atoms with Crippen molar-refractivity contribution >= 4 is 33.2 Å². The van der Waals surface area contributed by atoms with Gasteiger partial charge in [0.25, 0.3) is 0 Å². The van der Waals surface area contributed by atoms with Gasteiger partial charge in [0.15, 0.2) is 0 Å². The van der Waals surface area contributed by atoms with E-state index in [-0.39, 0.29) is 18.3 Å². The Morgan fingerprint density at radius 1 is 1.42 bits per heavy atom. The fourth-order valence-corrected chi connectivity index (χ4v) is 3.58. The lowest BCUT2D eigenvalue weighted by Crippen LogP contribution is -2.42. The van der Waals surface area contributed by atoms with Crippen molar-refractivity contribution in [2.24, 2.45) is 0 Å². The van der Waals surface area contributed by atoms with E-state index in [4.69, 9.17) is 16.3 Å². The second-order valence-corrected chi connectivity index (χ2v) is 8.18. The summed E-state index contributed by atoms with van der Waals surface area (Å²) in [5, 5.41) is 1.98. The normalized spacial score (nSPS) is 18.0. The standard InChI is InChI=1S/C15H18ClF3N2O4S/c1-26(23,24)21(9-14(22)20-8-11-3-2-6-25-11)10-4-5-13(16)12(7-10)15(17,18)19/h4-5,7,11H,2-3,6,8-9H2,1H3,(H,20,22). The van der Waals surface area contributed by atoms with Crippen LogP contribution in [0, 0.1) is 0 Å². The molecule has 1 saturated heterocycles. The number of hydrogen-bond donors (Lipinski definition) is 1. The zero-order valence-corrected chi connectivity index (χ0v) is 15.4. The van der Waals surface area contributed by atoms with Crippen molar-refractivity contribution < 1.29 is 31.1 Å². The minimum Gasteiger partial charge on any atom is -0.376 e. The van der Waals surface area contributed by atoms with Gasteiger partial charge >= 0.3 is 6.18 Å². The van der Waals surface area contributed by atoms with E-state index in [9.17, 15) is 26.4 Å². The van der Waals surface area contributed by atoms with Gasteiger partial charge in [-0.3, -0.25) is 9.10 Å². The van der Waals surface area contributed by atoms with Crippen LogP contribution in [0.1, 0.15) is 18.4 Å². The Balaban J connectivity index is 2.18. The lowest BCUT2D eigenvalue weighted by atomic mass is 10.2. The van der Waals surface area contributed by atoms with Gasteiger partial charge in [-0.05, 0) is 31.0 Å². The first-order valence-electron chi connectivity index (χ1n) is 7.71. The van der Waals surface area contributed by atoms with E-state index >= 15 is 0 Å². The average Bonchev–Trinajstić information content (AvgIpc) is 3.02. The third kappa shape index (κ3) is 5.49. The van der Waals surface area contributed by atoms with Crippen molar-refractivity contribution in [2.75, 3.05) is 30.3 Å². The Bertz CT molecular complexity index is 765. The first kappa shape index (κ1) is 20.8. The molecule has 1 fully saturated rings. The SMILES string of the molecule is CS(=O)(=O)N(CC(=O)NCC1CCCO1)c1ccc(Cl)c(C(F)(F)F)c1. The van der Waals surface area contributed by atoms with Gasteiger partial charge in [-0.1, -0.05) is 11.6 Å². The number of nitrogens with zero attached hydrogens (tertiary/aromatic N) is 1. The van der Waals surface area contributed by atoms with Crippen LogP contribution in [-0.2, 0) is 25.7 Å². The largest absolute Gasteiger partial charge is 0.417 e. The minimum atomic E-state index is -4.75. The second kappa shape index (κ2) is 8.01. The fourth-order valence-electron chi connectivity index (χ4n) is 2.50. The first-order valence-corrected chi connectivity index (χ1v) is 9.94. The molecule has 1 aromatic carbocycles. The van der Waals surface area contributed by atoms with E-state index in [1.165, 1.54) is 0 Å². The number of anilines is 1. The van der Waals surface area contributed by atoms with E-state index in [0.717, 1.165) is 31.2 Å². The summed E-state index contributed by atoms with van der Waals surface area (Å²) in [5.41, 5.74) is -1.47. The zero-order chi connectivity index (χ0) is 19.5. The molecule has 2 rings (SSSR count). The number of halogens is 4. The molecule has 0 radical (unpaired) electrons. The van der Waals surface area contributed by atoms with Gasteiger partial charge in [0.2, 0.25) is 15.9 Å². The van der Waals surface area contributed by atoms with E-state index < -0.39 is 39.2 Å². The number of amides is 1. The molecule has 0 saturated carbocycles. The molecule has 0 spiro atoms. The summed E-state index contributed by atoms with van der Waals surface area (Å²) >= 11 is 5.55. The number of carbonyl (C=O) groups is 1. The van der Waals surface area contributed by atoms with Gasteiger partial charge in [-0.2, -0.15) is 13.2 Å².